The maximum absolute atomic E-state index is 5.74. The first-order chi connectivity index (χ1) is 6.61. The Balaban J connectivity index is 2.37. The number of hydrogen-bond acceptors (Lipinski definition) is 3. The van der Waals surface area contributed by atoms with Crippen LogP contribution in [0.5, 0.6) is 0 Å². The average molecular weight is 233 g/mol. The van der Waals surface area contributed by atoms with Gasteiger partial charge in [0.1, 0.15) is 5.15 Å². The van der Waals surface area contributed by atoms with E-state index in [1.807, 2.05) is 5.38 Å². The van der Waals surface area contributed by atoms with E-state index in [1.54, 1.807) is 11.3 Å². The molecule has 0 aliphatic rings. The van der Waals surface area contributed by atoms with E-state index in [2.05, 4.69) is 31.1 Å². The molecule has 80 valence electrons. The van der Waals surface area contributed by atoms with E-state index < -0.39 is 0 Å². The molecule has 4 heteroatoms. The van der Waals surface area contributed by atoms with Gasteiger partial charge in [0.2, 0.25) is 0 Å². The highest BCUT2D eigenvalue weighted by Gasteiger charge is 2.08. The number of rotatable bonds is 5. The summed E-state index contributed by atoms with van der Waals surface area (Å²) in [5.74, 6) is 0.757. The lowest BCUT2D eigenvalue weighted by Crippen LogP contribution is -2.17. The highest BCUT2D eigenvalue weighted by molar-refractivity contribution is 7.14. The molecule has 0 fully saturated rings. The maximum Gasteiger partial charge on any atom is 0.184 e. The van der Waals surface area contributed by atoms with Crippen molar-refractivity contribution in [3.8, 4) is 0 Å². The first-order valence-electron chi connectivity index (χ1n) is 4.99. The summed E-state index contributed by atoms with van der Waals surface area (Å²) in [6.45, 7) is 6.67. The van der Waals surface area contributed by atoms with E-state index in [0.717, 1.165) is 11.0 Å². The minimum atomic E-state index is 0.465. The van der Waals surface area contributed by atoms with Gasteiger partial charge in [-0.3, -0.25) is 0 Å². The molecule has 0 saturated carbocycles. The fraction of sp³-hybridized carbons (Fsp3) is 0.700. The van der Waals surface area contributed by atoms with E-state index >= 15 is 0 Å². The van der Waals surface area contributed by atoms with Gasteiger partial charge in [0.05, 0.1) is 0 Å². The Hall–Kier alpha value is -0.280. The Bertz CT molecular complexity index is 275. The van der Waals surface area contributed by atoms with Crippen LogP contribution in [0.25, 0.3) is 0 Å². The predicted octanol–water partition coefficient (Wildman–Crippen LogP) is 4.03. The first kappa shape index (κ1) is 11.8. The normalized spacial score (nSPS) is 15.1. The molecule has 0 saturated heterocycles. The molecule has 1 rings (SSSR count). The van der Waals surface area contributed by atoms with Crippen molar-refractivity contribution in [2.24, 2.45) is 5.92 Å². The van der Waals surface area contributed by atoms with Crippen LogP contribution < -0.4 is 5.32 Å². The molecule has 0 aromatic carbocycles. The third-order valence-electron chi connectivity index (χ3n) is 2.30. The van der Waals surface area contributed by atoms with Gasteiger partial charge in [0.15, 0.2) is 5.13 Å². The second kappa shape index (κ2) is 5.56. The molecule has 0 spiro atoms. The fourth-order valence-electron chi connectivity index (χ4n) is 1.36. The van der Waals surface area contributed by atoms with Gasteiger partial charge >= 0.3 is 0 Å². The van der Waals surface area contributed by atoms with Crippen LogP contribution in [-0.4, -0.2) is 11.0 Å². The summed E-state index contributed by atoms with van der Waals surface area (Å²) in [7, 11) is 0. The zero-order chi connectivity index (χ0) is 10.6. The third-order valence-corrected chi connectivity index (χ3v) is 3.40. The van der Waals surface area contributed by atoms with Crippen molar-refractivity contribution >= 4 is 28.1 Å². The number of hydrogen-bond donors (Lipinski definition) is 1. The number of nitrogens with zero attached hydrogens (tertiary/aromatic N) is 1. The zero-order valence-electron chi connectivity index (χ0n) is 8.88. The fourth-order valence-corrected chi connectivity index (χ4v) is 2.31. The second-order valence-corrected chi connectivity index (χ2v) is 5.02. The van der Waals surface area contributed by atoms with E-state index in [4.69, 9.17) is 11.6 Å². The van der Waals surface area contributed by atoms with Gasteiger partial charge < -0.3 is 5.32 Å². The van der Waals surface area contributed by atoms with E-state index in [9.17, 15) is 0 Å². The van der Waals surface area contributed by atoms with Crippen LogP contribution in [0.3, 0.4) is 0 Å². The number of halogens is 1. The lowest BCUT2D eigenvalue weighted by molar-refractivity contribution is 0.483. The highest BCUT2D eigenvalue weighted by atomic mass is 35.5. The number of nitrogens with one attached hydrogen (secondary N) is 1. The van der Waals surface area contributed by atoms with Gasteiger partial charge in [0, 0.05) is 11.4 Å². The van der Waals surface area contributed by atoms with Crippen LogP contribution in [0.4, 0.5) is 5.13 Å². The molecule has 0 aliphatic heterocycles. The molecule has 1 heterocycles. The predicted molar refractivity (Wildman–Crippen MR) is 64.3 cm³/mol. The average Bonchev–Trinajstić information content (AvgIpc) is 2.50. The quantitative estimate of drug-likeness (QED) is 0.829. The van der Waals surface area contributed by atoms with Gasteiger partial charge in [0.25, 0.3) is 0 Å². The highest BCUT2D eigenvalue weighted by Crippen LogP contribution is 2.21. The van der Waals surface area contributed by atoms with E-state index in [-0.39, 0.29) is 0 Å². The molecular formula is C10H17ClN2S. The summed E-state index contributed by atoms with van der Waals surface area (Å²) in [5, 5.41) is 6.70. The number of anilines is 1. The molecule has 2 nitrogen and oxygen atoms in total. The molecule has 2 unspecified atom stereocenters. The molecule has 14 heavy (non-hydrogen) atoms. The molecule has 2 atom stereocenters. The Kier molecular flexibility index (Phi) is 4.69. The molecule has 0 radical (unpaired) electrons. The van der Waals surface area contributed by atoms with Crippen molar-refractivity contribution < 1.29 is 0 Å². The minimum Gasteiger partial charge on any atom is -0.359 e. The molecule has 0 amide bonds. The summed E-state index contributed by atoms with van der Waals surface area (Å²) in [6.07, 6.45) is 2.40. The number of aromatic nitrogens is 1. The van der Waals surface area contributed by atoms with Crippen molar-refractivity contribution in [2.75, 3.05) is 5.32 Å². The molecular weight excluding hydrogens is 216 g/mol. The topological polar surface area (TPSA) is 24.9 Å². The van der Waals surface area contributed by atoms with Crippen molar-refractivity contribution in [1.82, 2.24) is 4.98 Å². The molecule has 0 bridgehead atoms. The van der Waals surface area contributed by atoms with Crippen molar-refractivity contribution in [1.29, 1.82) is 0 Å². The van der Waals surface area contributed by atoms with Gasteiger partial charge in [-0.2, -0.15) is 0 Å². The summed E-state index contributed by atoms with van der Waals surface area (Å²) in [4.78, 5) is 4.16. The van der Waals surface area contributed by atoms with Crippen LogP contribution in [-0.2, 0) is 0 Å². The van der Waals surface area contributed by atoms with Crippen molar-refractivity contribution in [3.63, 3.8) is 0 Å². The Morgan fingerprint density at radius 2 is 2.29 bits per heavy atom. The van der Waals surface area contributed by atoms with Gasteiger partial charge in [-0.1, -0.05) is 31.9 Å². The molecule has 1 N–H and O–H groups in total. The lowest BCUT2D eigenvalue weighted by Gasteiger charge is -2.16. The van der Waals surface area contributed by atoms with Crippen LogP contribution in [0.1, 0.15) is 33.6 Å². The monoisotopic (exact) mass is 232 g/mol. The first-order valence-corrected chi connectivity index (χ1v) is 6.25. The Labute approximate surface area is 94.7 Å². The smallest absolute Gasteiger partial charge is 0.184 e. The standard InChI is InChI=1S/C10H17ClN2S/c1-4-7(2)5-8(3)12-10-13-9(11)6-14-10/h6-8H,4-5H2,1-3H3,(H,12,13). The van der Waals surface area contributed by atoms with Crippen LogP contribution >= 0.6 is 22.9 Å². The van der Waals surface area contributed by atoms with Crippen molar-refractivity contribution in [3.05, 3.63) is 10.5 Å². The van der Waals surface area contributed by atoms with E-state index in [0.29, 0.717) is 11.2 Å². The van der Waals surface area contributed by atoms with E-state index in [1.165, 1.54) is 12.8 Å². The van der Waals surface area contributed by atoms with Crippen LogP contribution in [0.15, 0.2) is 5.38 Å². The SMILES string of the molecule is CCC(C)CC(C)Nc1nc(Cl)cs1. The summed E-state index contributed by atoms with van der Waals surface area (Å²) < 4.78 is 0. The van der Waals surface area contributed by atoms with Gasteiger partial charge in [-0.25, -0.2) is 4.98 Å². The summed E-state index contributed by atoms with van der Waals surface area (Å²) in [5.41, 5.74) is 0. The molecule has 0 aliphatic carbocycles. The van der Waals surface area contributed by atoms with Gasteiger partial charge in [-0.15, -0.1) is 11.3 Å². The number of thiazole rings is 1. The maximum atomic E-state index is 5.74. The van der Waals surface area contributed by atoms with Crippen molar-refractivity contribution in [2.45, 2.75) is 39.7 Å². The lowest BCUT2D eigenvalue weighted by atomic mass is 10.0. The molecule has 1 aromatic heterocycles. The largest absolute Gasteiger partial charge is 0.359 e. The summed E-state index contributed by atoms with van der Waals surface area (Å²) >= 11 is 7.29. The third kappa shape index (κ3) is 3.84. The van der Waals surface area contributed by atoms with Crippen LogP contribution in [0, 0.1) is 5.92 Å². The van der Waals surface area contributed by atoms with Crippen LogP contribution in [0.2, 0.25) is 5.15 Å². The minimum absolute atomic E-state index is 0.465. The Morgan fingerprint density at radius 1 is 1.57 bits per heavy atom. The second-order valence-electron chi connectivity index (χ2n) is 3.77. The van der Waals surface area contributed by atoms with Gasteiger partial charge in [-0.05, 0) is 19.3 Å². The summed E-state index contributed by atoms with van der Waals surface area (Å²) in [6, 6.07) is 0.465. The Morgan fingerprint density at radius 3 is 2.79 bits per heavy atom. The zero-order valence-corrected chi connectivity index (χ0v) is 10.5. The molecule has 1 aromatic rings.